The molecule has 0 aliphatic carbocycles. The Hall–Kier alpha value is -12.0. The molecule has 0 aromatic heterocycles. The molecule has 18 rings (SSSR count). The minimum absolute atomic E-state index is 0.124. The molecule has 0 radical (unpaired) electrons. The third kappa shape index (κ3) is 25.7. The molecule has 18 aromatic rings. The molecule has 684 valence electrons. The van der Waals surface area contributed by atoms with Gasteiger partial charge in [-0.2, -0.15) is 0 Å². The zero-order valence-corrected chi connectivity index (χ0v) is 87.3. The molecule has 0 aliphatic rings. The molecule has 0 bridgehead atoms. The minimum atomic E-state index is -0.206. The number of aryl methyl sites for hydroxylation is 4. The van der Waals surface area contributed by atoms with Crippen LogP contribution in [0.1, 0.15) is 128 Å². The van der Waals surface area contributed by atoms with Gasteiger partial charge >= 0.3 is 0 Å². The zero-order chi connectivity index (χ0) is 95.8. The SMILES string of the molecule is CC(C)(C)c1ccc([S+](c2ccc(Sc3ccc([S+](c4ccc(C(C)(C)C)cc4)c4ccc(C(C)(C)C)cc4)cc3)cc2)c2ccc(C(C)(C)C)cc2)cc1.Cc1ccc([S+](c2ccc(C)cc2)c2ccc(Oc3ccc([S+](c4ccc(C)cc4)c4ccc(C)cc4)cc3)cc2)cc1.c1ccc([S+](c2ccccc2)c2ccc(Oc3ccc([S+](c4ccccc4)c4ccccc4)cc3)cc2)cc1. The van der Waals surface area contributed by atoms with Crippen LogP contribution >= 0.6 is 11.8 Å². The van der Waals surface area contributed by atoms with Crippen LogP contribution < -0.4 is 9.47 Å². The van der Waals surface area contributed by atoms with Gasteiger partial charge in [-0.05, 0) is 363 Å². The van der Waals surface area contributed by atoms with E-state index in [2.05, 4.69) is 572 Å². The van der Waals surface area contributed by atoms with E-state index in [0.29, 0.717) is 0 Å². The lowest BCUT2D eigenvalue weighted by Crippen LogP contribution is -2.13. The molecule has 18 aromatic carbocycles. The molecule has 0 spiro atoms. The molecule has 0 unspecified atom stereocenters. The Kier molecular flexibility index (Phi) is 32.0. The summed E-state index contributed by atoms with van der Waals surface area (Å²) in [5, 5.41) is 0. The van der Waals surface area contributed by atoms with Gasteiger partial charge in [-0.15, -0.1) is 0 Å². The van der Waals surface area contributed by atoms with Crippen molar-refractivity contribution in [3.05, 3.63) is 506 Å². The average molecular weight is 1920 g/mol. The Balaban J connectivity index is 0.000000151. The van der Waals surface area contributed by atoms with Crippen LogP contribution in [0, 0.1) is 27.7 Å². The van der Waals surface area contributed by atoms with Crippen molar-refractivity contribution in [1.82, 2.24) is 0 Å². The van der Waals surface area contributed by atoms with E-state index in [1.807, 2.05) is 11.8 Å². The maximum Gasteiger partial charge on any atom is 0.166 e. The second-order valence-corrected chi connectivity index (χ2v) is 51.9. The van der Waals surface area contributed by atoms with Gasteiger partial charge in [-0.1, -0.05) is 287 Å². The van der Waals surface area contributed by atoms with Crippen molar-refractivity contribution in [2.75, 3.05) is 0 Å². The fourth-order valence-electron chi connectivity index (χ4n) is 16.0. The summed E-state index contributed by atoms with van der Waals surface area (Å²) >= 11 is 1.84. The van der Waals surface area contributed by atoms with Gasteiger partial charge in [0.05, 0.1) is 65.4 Å². The van der Waals surface area contributed by atoms with Crippen LogP contribution in [0.3, 0.4) is 0 Å². The van der Waals surface area contributed by atoms with Gasteiger partial charge in [0.2, 0.25) is 0 Å². The van der Waals surface area contributed by atoms with E-state index in [1.54, 1.807) is 0 Å². The summed E-state index contributed by atoms with van der Waals surface area (Å²) < 4.78 is 12.6. The van der Waals surface area contributed by atoms with Crippen molar-refractivity contribution in [3.8, 4) is 23.0 Å². The van der Waals surface area contributed by atoms with E-state index in [0.717, 1.165) is 23.0 Å². The second-order valence-electron chi connectivity index (χ2n) is 38.6. The number of rotatable bonds is 24. The highest BCUT2D eigenvalue weighted by molar-refractivity contribution is 8.00. The van der Waals surface area contributed by atoms with Crippen LogP contribution in [0.4, 0.5) is 0 Å². The lowest BCUT2D eigenvalue weighted by molar-refractivity contribution is 0.481. The van der Waals surface area contributed by atoms with Gasteiger partial charge in [-0.3, -0.25) is 0 Å². The second kappa shape index (κ2) is 44.6. The molecule has 0 atom stereocenters. The topological polar surface area (TPSA) is 18.5 Å². The van der Waals surface area contributed by atoms with E-state index in [-0.39, 0.29) is 87.0 Å². The third-order valence-corrected chi connectivity index (χ3v) is 38.2. The predicted octanol–water partition coefficient (Wildman–Crippen LogP) is 35.8. The van der Waals surface area contributed by atoms with E-state index in [4.69, 9.17) is 9.47 Å². The maximum absolute atomic E-state index is 6.34. The van der Waals surface area contributed by atoms with E-state index >= 15 is 0 Å². The Morgan fingerprint density at radius 3 is 0.416 bits per heavy atom. The lowest BCUT2D eigenvalue weighted by Gasteiger charge is -2.20. The highest BCUT2D eigenvalue weighted by Crippen LogP contribution is 2.44. The van der Waals surface area contributed by atoms with Crippen LogP contribution in [-0.2, 0) is 87.0 Å². The van der Waals surface area contributed by atoms with Gasteiger partial charge in [0, 0.05) is 9.79 Å². The average Bonchev–Trinajstić information content (AvgIpc) is 0.789. The van der Waals surface area contributed by atoms with E-state index < -0.39 is 0 Å². The van der Waals surface area contributed by atoms with Crippen molar-refractivity contribution in [3.63, 3.8) is 0 Å². The Morgan fingerprint density at radius 1 is 0.146 bits per heavy atom. The predicted molar refractivity (Wildman–Crippen MR) is 587 cm³/mol. The monoisotopic (exact) mass is 1920 g/mol. The summed E-state index contributed by atoms with van der Waals surface area (Å²) in [6.45, 7) is 36.0. The van der Waals surface area contributed by atoms with E-state index in [1.165, 1.54) is 142 Å². The van der Waals surface area contributed by atoms with E-state index in [9.17, 15) is 0 Å². The summed E-state index contributed by atoms with van der Waals surface area (Å²) in [7, 11) is -1.13. The maximum atomic E-state index is 6.34. The van der Waals surface area contributed by atoms with Crippen LogP contribution in [-0.4, -0.2) is 0 Å². The first-order chi connectivity index (χ1) is 66.0. The van der Waals surface area contributed by atoms with Crippen molar-refractivity contribution >= 4 is 77.1 Å². The fraction of sp³-hybridized carbons (Fsp3) is 0.156. The molecule has 0 heterocycles. The van der Waals surface area contributed by atoms with Crippen LogP contribution in [0.5, 0.6) is 23.0 Å². The van der Waals surface area contributed by atoms with Gasteiger partial charge in [0.25, 0.3) is 0 Å². The molecule has 0 aliphatic heterocycles. The van der Waals surface area contributed by atoms with Crippen molar-refractivity contribution in [2.45, 2.75) is 230 Å². The van der Waals surface area contributed by atoms with Gasteiger partial charge in [0.15, 0.2) is 88.1 Å². The number of benzene rings is 18. The molecule has 9 heteroatoms. The molecule has 0 N–H and O–H groups in total. The molecular formula is C128H124O2S7+6. The molecular weight excluding hydrogens is 1790 g/mol. The summed E-state index contributed by atoms with van der Waals surface area (Å²) in [5.74, 6) is 3.34. The first kappa shape index (κ1) is 98.1. The van der Waals surface area contributed by atoms with Gasteiger partial charge < -0.3 is 9.47 Å². The molecule has 0 amide bonds. The number of hydrogen-bond donors (Lipinski definition) is 0. The normalized spacial score (nSPS) is 11.8. The molecule has 137 heavy (non-hydrogen) atoms. The quantitative estimate of drug-likeness (QED) is 0.0562. The third-order valence-electron chi connectivity index (χ3n) is 23.8. The fourth-order valence-corrected chi connectivity index (χ4v) is 29.2. The number of ether oxygens (including phenoxy) is 2. The first-order valence-electron chi connectivity index (χ1n) is 47.0. The van der Waals surface area contributed by atoms with Crippen LogP contribution in [0.15, 0.2) is 559 Å². The zero-order valence-electron chi connectivity index (χ0n) is 81.6. The highest BCUT2D eigenvalue weighted by atomic mass is 32.2. The summed E-state index contributed by atoms with van der Waals surface area (Å²) in [4.78, 5) is 26.2. The number of hydrogen-bond acceptors (Lipinski definition) is 3. The summed E-state index contributed by atoms with van der Waals surface area (Å²) in [6, 6.07) is 169. The molecule has 0 fully saturated rings. The van der Waals surface area contributed by atoms with Crippen LogP contribution in [0.25, 0.3) is 0 Å². The van der Waals surface area contributed by atoms with Crippen LogP contribution in [0.2, 0.25) is 0 Å². The minimum Gasteiger partial charge on any atom is -0.457 e. The summed E-state index contributed by atoms with van der Waals surface area (Å²) in [5.41, 5.74) is 11.1. The van der Waals surface area contributed by atoms with Crippen molar-refractivity contribution in [1.29, 1.82) is 0 Å². The largest absolute Gasteiger partial charge is 0.457 e. The molecule has 2 nitrogen and oxygen atoms in total. The molecule has 0 saturated heterocycles. The smallest absolute Gasteiger partial charge is 0.166 e. The highest BCUT2D eigenvalue weighted by Gasteiger charge is 2.37. The first-order valence-corrected chi connectivity index (χ1v) is 55.2. The lowest BCUT2D eigenvalue weighted by atomic mass is 9.87. The van der Waals surface area contributed by atoms with Crippen molar-refractivity contribution < 1.29 is 9.47 Å². The summed E-state index contributed by atoms with van der Waals surface area (Å²) in [6.07, 6.45) is 0. The van der Waals surface area contributed by atoms with Gasteiger partial charge in [-0.25, -0.2) is 0 Å². The van der Waals surface area contributed by atoms with Crippen molar-refractivity contribution in [2.24, 2.45) is 0 Å². The Morgan fingerprint density at radius 2 is 0.270 bits per heavy atom. The molecule has 0 saturated carbocycles. The standard InChI is InChI=1S/C52H60S3.C40H36OS2.C36H28OS2/c1-49(2,3)37-13-25-43(26-14-37)54(44-27-15-38(16-28-44)50(4,5)6)47-33-21-41(22-34-47)53-42-23-35-48(36-24-42)55(45-29-17-39(18-30-45)51(7,8)9)46-31-19-40(20-32-46)52(10,11)12;1-29-5-17-35(18-6-29)42(36-19-7-30(2)8-20-36)39-25-13-33(14-26-39)41-34-15-27-40(28-16-34)43(37-21-9-31(3)10-22-37)38-23-11-32(4)12-24-38;1-5-13-31(14-6-1)38(32-15-7-2-8-16-32)35-25-21-29(22-26-35)37-30-23-27-36(28-24-30)39(33-17-9-3-10-18-33)34-19-11-4-12-20-34/h13-36H,1-12H3;5-28H,1-4H3;1-28H/q3*+2. The van der Waals surface area contributed by atoms with Gasteiger partial charge in [0.1, 0.15) is 23.0 Å². The Bertz CT molecular complexity index is 6140. The Labute approximate surface area is 838 Å².